The summed E-state index contributed by atoms with van der Waals surface area (Å²) in [7, 11) is 3.09. The number of carbonyl (C=O) groups excluding carboxylic acids is 2. The molecule has 2 aromatic rings. The topological polar surface area (TPSA) is 80.8 Å². The number of pyridine rings is 1. The molecular formula is C18H15N3O4S2. The smallest absolute Gasteiger partial charge is 0.285 e. The molecule has 3 rings (SSSR count). The molecule has 138 valence electrons. The minimum absolute atomic E-state index is 0.237. The summed E-state index contributed by atoms with van der Waals surface area (Å²) in [6.07, 6.45) is 4.65. The third-order valence-electron chi connectivity index (χ3n) is 3.68. The van der Waals surface area contributed by atoms with Crippen LogP contribution < -0.4 is 14.9 Å². The molecule has 0 saturated carbocycles. The maximum absolute atomic E-state index is 12.7. The van der Waals surface area contributed by atoms with E-state index in [0.29, 0.717) is 27.5 Å². The van der Waals surface area contributed by atoms with Gasteiger partial charge in [-0.15, -0.1) is 0 Å². The number of benzene rings is 1. The maximum Gasteiger partial charge on any atom is 0.285 e. The van der Waals surface area contributed by atoms with E-state index in [9.17, 15) is 9.59 Å². The number of ether oxygens (including phenoxy) is 2. The minimum atomic E-state index is -0.447. The van der Waals surface area contributed by atoms with Crippen LogP contribution in [-0.4, -0.2) is 40.3 Å². The molecule has 9 heteroatoms. The Balaban J connectivity index is 1.82. The molecule has 1 aromatic heterocycles. The van der Waals surface area contributed by atoms with Crippen molar-refractivity contribution in [1.82, 2.24) is 15.4 Å². The standard InChI is InChI=1S/C18H15N3O4S2/c1-24-13-4-3-12(14(10-13)25-2)9-15-17(23)21(18(26)27-15)20-16(22)11-5-7-19-8-6-11/h3-10H,1-2H3,(H,20,22). The molecule has 1 aromatic carbocycles. The summed E-state index contributed by atoms with van der Waals surface area (Å²) in [4.78, 5) is 29.2. The van der Waals surface area contributed by atoms with Gasteiger partial charge in [0.25, 0.3) is 11.8 Å². The van der Waals surface area contributed by atoms with E-state index < -0.39 is 11.8 Å². The highest BCUT2D eigenvalue weighted by Gasteiger charge is 2.34. The summed E-state index contributed by atoms with van der Waals surface area (Å²) in [5.41, 5.74) is 3.59. The lowest BCUT2D eigenvalue weighted by Gasteiger charge is -2.15. The number of hydrazine groups is 1. The summed E-state index contributed by atoms with van der Waals surface area (Å²) < 4.78 is 10.7. The fourth-order valence-electron chi connectivity index (χ4n) is 2.31. The zero-order valence-electron chi connectivity index (χ0n) is 14.5. The summed E-state index contributed by atoms with van der Waals surface area (Å²) in [5, 5.41) is 1.06. The lowest BCUT2D eigenvalue weighted by atomic mass is 10.1. The first kappa shape index (κ1) is 18.9. The highest BCUT2D eigenvalue weighted by atomic mass is 32.2. The van der Waals surface area contributed by atoms with Crippen LogP contribution in [0.5, 0.6) is 11.5 Å². The lowest BCUT2D eigenvalue weighted by molar-refractivity contribution is -0.123. The van der Waals surface area contributed by atoms with Gasteiger partial charge < -0.3 is 9.47 Å². The number of rotatable bonds is 5. The number of carbonyl (C=O) groups is 2. The van der Waals surface area contributed by atoms with Crippen molar-refractivity contribution in [3.8, 4) is 11.5 Å². The average molecular weight is 401 g/mol. The molecule has 1 N–H and O–H groups in total. The van der Waals surface area contributed by atoms with Gasteiger partial charge in [-0.05, 0) is 42.6 Å². The highest BCUT2D eigenvalue weighted by molar-refractivity contribution is 8.26. The van der Waals surface area contributed by atoms with E-state index in [1.165, 1.54) is 19.5 Å². The molecular weight excluding hydrogens is 386 g/mol. The second kappa shape index (κ2) is 8.19. The Bertz CT molecular complexity index is 931. The molecule has 2 amide bonds. The van der Waals surface area contributed by atoms with Crippen molar-refractivity contribution >= 4 is 46.2 Å². The van der Waals surface area contributed by atoms with Crippen LogP contribution in [-0.2, 0) is 4.79 Å². The van der Waals surface area contributed by atoms with Gasteiger partial charge in [0.1, 0.15) is 11.5 Å². The molecule has 1 fully saturated rings. The molecule has 0 aliphatic carbocycles. The first-order valence-electron chi connectivity index (χ1n) is 7.74. The van der Waals surface area contributed by atoms with Gasteiger partial charge in [0.15, 0.2) is 4.32 Å². The molecule has 2 heterocycles. The third kappa shape index (κ3) is 4.09. The Morgan fingerprint density at radius 3 is 2.63 bits per heavy atom. The zero-order chi connectivity index (χ0) is 19.4. The summed E-state index contributed by atoms with van der Waals surface area (Å²) in [5.74, 6) is 0.337. The number of amides is 2. The van der Waals surface area contributed by atoms with Crippen LogP contribution in [0.2, 0.25) is 0 Å². The molecule has 0 bridgehead atoms. The van der Waals surface area contributed by atoms with E-state index in [1.807, 2.05) is 0 Å². The van der Waals surface area contributed by atoms with Gasteiger partial charge >= 0.3 is 0 Å². The fourth-order valence-corrected chi connectivity index (χ4v) is 3.48. The number of hydrogen-bond acceptors (Lipinski definition) is 7. The van der Waals surface area contributed by atoms with E-state index in [2.05, 4.69) is 10.4 Å². The second-order valence-electron chi connectivity index (χ2n) is 5.30. The minimum Gasteiger partial charge on any atom is -0.497 e. The number of methoxy groups -OCH3 is 2. The van der Waals surface area contributed by atoms with Gasteiger partial charge in [0, 0.05) is 29.6 Å². The van der Waals surface area contributed by atoms with E-state index in [-0.39, 0.29) is 4.32 Å². The second-order valence-corrected chi connectivity index (χ2v) is 6.98. The number of nitrogens with one attached hydrogen (secondary N) is 1. The van der Waals surface area contributed by atoms with Crippen molar-refractivity contribution in [3.05, 3.63) is 58.8 Å². The SMILES string of the molecule is COc1ccc(C=C2SC(=S)N(NC(=O)c3ccncc3)C2=O)c(OC)c1. The van der Waals surface area contributed by atoms with Crippen molar-refractivity contribution < 1.29 is 19.1 Å². The van der Waals surface area contributed by atoms with Crippen LogP contribution >= 0.6 is 24.0 Å². The molecule has 0 spiro atoms. The Morgan fingerprint density at radius 2 is 1.96 bits per heavy atom. The molecule has 0 unspecified atom stereocenters. The highest BCUT2D eigenvalue weighted by Crippen LogP contribution is 2.34. The van der Waals surface area contributed by atoms with Crippen molar-refractivity contribution in [1.29, 1.82) is 0 Å². The molecule has 7 nitrogen and oxygen atoms in total. The summed E-state index contributed by atoms with van der Waals surface area (Å²) in [6, 6.07) is 8.36. The van der Waals surface area contributed by atoms with Gasteiger partial charge in [-0.25, -0.2) is 0 Å². The number of hydrogen-bond donors (Lipinski definition) is 1. The Kier molecular flexibility index (Phi) is 5.72. The fraction of sp³-hybridized carbons (Fsp3) is 0.111. The van der Waals surface area contributed by atoms with Gasteiger partial charge in [-0.3, -0.25) is 20.0 Å². The summed E-state index contributed by atoms with van der Waals surface area (Å²) in [6.45, 7) is 0. The van der Waals surface area contributed by atoms with Crippen molar-refractivity contribution in [2.75, 3.05) is 14.2 Å². The Morgan fingerprint density at radius 1 is 1.22 bits per heavy atom. The van der Waals surface area contributed by atoms with Gasteiger partial charge in [-0.1, -0.05) is 11.8 Å². The number of thiocarbonyl (C=S) groups is 1. The van der Waals surface area contributed by atoms with E-state index in [4.69, 9.17) is 21.7 Å². The van der Waals surface area contributed by atoms with Crippen LogP contribution in [0.15, 0.2) is 47.6 Å². The number of nitrogens with zero attached hydrogens (tertiary/aromatic N) is 2. The molecule has 0 atom stereocenters. The monoisotopic (exact) mass is 401 g/mol. The number of aromatic nitrogens is 1. The zero-order valence-corrected chi connectivity index (χ0v) is 16.1. The van der Waals surface area contributed by atoms with Gasteiger partial charge in [0.2, 0.25) is 0 Å². The average Bonchev–Trinajstić information content (AvgIpc) is 2.96. The van der Waals surface area contributed by atoms with E-state index in [1.54, 1.807) is 43.5 Å². The molecule has 0 radical (unpaired) electrons. The predicted molar refractivity (Wildman–Crippen MR) is 106 cm³/mol. The molecule has 27 heavy (non-hydrogen) atoms. The van der Waals surface area contributed by atoms with Crippen molar-refractivity contribution in [3.63, 3.8) is 0 Å². The number of thioether (sulfide) groups is 1. The van der Waals surface area contributed by atoms with Gasteiger partial charge in [-0.2, -0.15) is 5.01 Å². The molecule has 1 aliphatic heterocycles. The van der Waals surface area contributed by atoms with Crippen LogP contribution in [0, 0.1) is 0 Å². The van der Waals surface area contributed by atoms with Crippen molar-refractivity contribution in [2.45, 2.75) is 0 Å². The van der Waals surface area contributed by atoms with Crippen LogP contribution in [0.25, 0.3) is 6.08 Å². The quantitative estimate of drug-likeness (QED) is 0.609. The third-order valence-corrected chi connectivity index (χ3v) is 4.98. The molecule has 1 aliphatic rings. The van der Waals surface area contributed by atoms with Gasteiger partial charge in [0.05, 0.1) is 19.1 Å². The summed E-state index contributed by atoms with van der Waals surface area (Å²) >= 11 is 6.33. The predicted octanol–water partition coefficient (Wildman–Crippen LogP) is 2.65. The van der Waals surface area contributed by atoms with E-state index in [0.717, 1.165) is 16.8 Å². The Hall–Kier alpha value is -2.91. The molecule has 1 saturated heterocycles. The first-order valence-corrected chi connectivity index (χ1v) is 8.97. The van der Waals surface area contributed by atoms with Crippen LogP contribution in [0.1, 0.15) is 15.9 Å². The lowest BCUT2D eigenvalue weighted by Crippen LogP contribution is -2.44. The first-order chi connectivity index (χ1) is 13.0. The Labute approximate surface area is 165 Å². The maximum atomic E-state index is 12.7. The normalized spacial score (nSPS) is 15.2. The largest absolute Gasteiger partial charge is 0.497 e. The van der Waals surface area contributed by atoms with Crippen molar-refractivity contribution in [2.24, 2.45) is 0 Å². The van der Waals surface area contributed by atoms with E-state index >= 15 is 0 Å². The van der Waals surface area contributed by atoms with Crippen LogP contribution in [0.4, 0.5) is 0 Å². The van der Waals surface area contributed by atoms with Crippen LogP contribution in [0.3, 0.4) is 0 Å².